The molecule has 1 atom stereocenters. The highest BCUT2D eigenvalue weighted by atomic mass is 16.1. The van der Waals surface area contributed by atoms with Crippen molar-refractivity contribution in [3.05, 3.63) is 29.8 Å². The van der Waals surface area contributed by atoms with E-state index in [4.69, 9.17) is 5.73 Å². The van der Waals surface area contributed by atoms with Crippen molar-refractivity contribution in [1.82, 2.24) is 10.2 Å². The molecule has 2 rings (SSSR count). The van der Waals surface area contributed by atoms with Crippen LogP contribution in [0.1, 0.15) is 43.0 Å². The number of unbranched alkanes of at least 4 members (excludes halogenated alkanes) is 1. The van der Waals surface area contributed by atoms with Gasteiger partial charge in [-0.25, -0.2) is 0 Å². The lowest BCUT2D eigenvalue weighted by Gasteiger charge is -2.30. The summed E-state index contributed by atoms with van der Waals surface area (Å²) >= 11 is 0. The Morgan fingerprint density at radius 2 is 2.29 bits per heavy atom. The van der Waals surface area contributed by atoms with Crippen LogP contribution in [-0.2, 0) is 0 Å². The first-order valence-corrected chi connectivity index (χ1v) is 8.01. The average molecular weight is 289 g/mol. The van der Waals surface area contributed by atoms with Crippen molar-refractivity contribution in [2.45, 2.75) is 32.6 Å². The first-order chi connectivity index (χ1) is 10.1. The van der Waals surface area contributed by atoms with Crippen LogP contribution in [0.15, 0.2) is 24.3 Å². The zero-order valence-corrected chi connectivity index (χ0v) is 13.0. The maximum atomic E-state index is 11.9. The third kappa shape index (κ3) is 5.38. The summed E-state index contributed by atoms with van der Waals surface area (Å²) in [7, 11) is 0. The van der Waals surface area contributed by atoms with Crippen molar-refractivity contribution < 1.29 is 4.79 Å². The number of piperidine rings is 1. The standard InChI is InChI=1S/C17H27N3O/c1-14-6-5-11-20(13-14)10-3-2-9-19-17(21)15-7-4-8-16(18)12-15/h4,7-8,12,14H,2-3,5-6,9-11,13,18H2,1H3,(H,19,21). The summed E-state index contributed by atoms with van der Waals surface area (Å²) in [5.74, 6) is 0.802. The number of nitrogen functional groups attached to an aromatic ring is 1. The number of carbonyl (C=O) groups is 1. The highest BCUT2D eigenvalue weighted by molar-refractivity contribution is 5.94. The molecule has 0 radical (unpaired) electrons. The Labute approximate surface area is 127 Å². The van der Waals surface area contributed by atoms with E-state index in [0.29, 0.717) is 11.3 Å². The average Bonchev–Trinajstić information content (AvgIpc) is 2.47. The normalized spacial score (nSPS) is 19.4. The van der Waals surface area contributed by atoms with E-state index in [-0.39, 0.29) is 5.91 Å². The molecule has 3 N–H and O–H groups in total. The van der Waals surface area contributed by atoms with Crippen molar-refractivity contribution in [1.29, 1.82) is 0 Å². The molecule has 0 bridgehead atoms. The smallest absolute Gasteiger partial charge is 0.251 e. The Hall–Kier alpha value is -1.55. The topological polar surface area (TPSA) is 58.4 Å². The minimum Gasteiger partial charge on any atom is -0.399 e. The van der Waals surface area contributed by atoms with E-state index >= 15 is 0 Å². The molecule has 1 aliphatic rings. The maximum Gasteiger partial charge on any atom is 0.251 e. The Morgan fingerprint density at radius 1 is 1.43 bits per heavy atom. The molecule has 0 spiro atoms. The van der Waals surface area contributed by atoms with Crippen molar-refractivity contribution in [3.8, 4) is 0 Å². The van der Waals surface area contributed by atoms with E-state index in [1.54, 1.807) is 18.2 Å². The summed E-state index contributed by atoms with van der Waals surface area (Å²) < 4.78 is 0. The van der Waals surface area contributed by atoms with Crippen molar-refractivity contribution >= 4 is 11.6 Å². The summed E-state index contributed by atoms with van der Waals surface area (Å²) in [5.41, 5.74) is 6.95. The molecule has 1 heterocycles. The number of rotatable bonds is 6. The maximum absolute atomic E-state index is 11.9. The molecule has 1 unspecified atom stereocenters. The van der Waals surface area contributed by atoms with Crippen molar-refractivity contribution in [2.75, 3.05) is 31.9 Å². The predicted molar refractivity (Wildman–Crippen MR) is 87.3 cm³/mol. The number of amides is 1. The van der Waals surface area contributed by atoms with Gasteiger partial charge in [0.1, 0.15) is 0 Å². The van der Waals surface area contributed by atoms with Crippen LogP contribution in [0.5, 0.6) is 0 Å². The van der Waals surface area contributed by atoms with E-state index in [1.807, 2.05) is 6.07 Å². The Morgan fingerprint density at radius 3 is 3.05 bits per heavy atom. The van der Waals surface area contributed by atoms with Gasteiger partial charge in [0.15, 0.2) is 0 Å². The van der Waals surface area contributed by atoms with Crippen LogP contribution < -0.4 is 11.1 Å². The Bertz CT molecular complexity index is 461. The molecule has 1 aromatic rings. The van der Waals surface area contributed by atoms with Crippen LogP contribution >= 0.6 is 0 Å². The molecule has 21 heavy (non-hydrogen) atoms. The second kappa shape index (κ2) is 8.03. The number of likely N-dealkylation sites (tertiary alicyclic amines) is 1. The predicted octanol–water partition coefficient (Wildman–Crippen LogP) is 2.51. The Balaban J connectivity index is 1.60. The van der Waals surface area contributed by atoms with Crippen molar-refractivity contribution in [3.63, 3.8) is 0 Å². The molecular formula is C17H27N3O. The van der Waals surface area contributed by atoms with Crippen LogP contribution in [0.25, 0.3) is 0 Å². The van der Waals surface area contributed by atoms with Crippen LogP contribution in [0.2, 0.25) is 0 Å². The minimum absolute atomic E-state index is 0.0334. The monoisotopic (exact) mass is 289 g/mol. The second-order valence-corrected chi connectivity index (χ2v) is 6.14. The van der Waals surface area contributed by atoms with E-state index in [1.165, 1.54) is 25.9 Å². The molecule has 1 aliphatic heterocycles. The molecule has 1 fully saturated rings. The highest BCUT2D eigenvalue weighted by Crippen LogP contribution is 2.15. The summed E-state index contributed by atoms with van der Waals surface area (Å²) in [5, 5.41) is 2.96. The van der Waals surface area contributed by atoms with Gasteiger partial charge < -0.3 is 16.0 Å². The molecule has 1 saturated heterocycles. The number of nitrogens with two attached hydrogens (primary N) is 1. The van der Waals surface area contributed by atoms with Crippen LogP contribution in [0.3, 0.4) is 0 Å². The number of nitrogens with one attached hydrogen (secondary N) is 1. The number of nitrogens with zero attached hydrogens (tertiary/aromatic N) is 1. The molecule has 1 amide bonds. The number of anilines is 1. The lowest BCUT2D eigenvalue weighted by atomic mass is 10.0. The molecule has 116 valence electrons. The Kier molecular flexibility index (Phi) is 6.05. The van der Waals surface area contributed by atoms with E-state index < -0.39 is 0 Å². The molecular weight excluding hydrogens is 262 g/mol. The summed E-state index contributed by atoms with van der Waals surface area (Å²) in [6, 6.07) is 7.10. The van der Waals surface area contributed by atoms with Gasteiger partial charge in [0.2, 0.25) is 0 Å². The number of hydrogen-bond donors (Lipinski definition) is 2. The number of hydrogen-bond acceptors (Lipinski definition) is 3. The van der Waals surface area contributed by atoms with Gasteiger partial charge in [-0.2, -0.15) is 0 Å². The zero-order chi connectivity index (χ0) is 15.1. The van der Waals surface area contributed by atoms with Crippen LogP contribution in [0.4, 0.5) is 5.69 Å². The minimum atomic E-state index is -0.0334. The van der Waals surface area contributed by atoms with Crippen molar-refractivity contribution in [2.24, 2.45) is 5.92 Å². The largest absolute Gasteiger partial charge is 0.399 e. The van der Waals surface area contributed by atoms with E-state index in [0.717, 1.165) is 31.8 Å². The molecule has 0 saturated carbocycles. The fourth-order valence-electron chi connectivity index (χ4n) is 2.93. The van der Waals surface area contributed by atoms with Gasteiger partial charge in [0.05, 0.1) is 0 Å². The lowest BCUT2D eigenvalue weighted by Crippen LogP contribution is -2.35. The summed E-state index contributed by atoms with van der Waals surface area (Å²) in [4.78, 5) is 14.5. The van der Waals surface area contributed by atoms with E-state index in [2.05, 4.69) is 17.1 Å². The van der Waals surface area contributed by atoms with Gasteiger partial charge in [0.25, 0.3) is 5.91 Å². The molecule has 4 nitrogen and oxygen atoms in total. The first-order valence-electron chi connectivity index (χ1n) is 8.01. The second-order valence-electron chi connectivity index (χ2n) is 6.14. The van der Waals surface area contributed by atoms with Gasteiger partial charge >= 0.3 is 0 Å². The fraction of sp³-hybridized carbons (Fsp3) is 0.588. The quantitative estimate of drug-likeness (QED) is 0.625. The third-order valence-corrected chi connectivity index (χ3v) is 4.08. The van der Waals surface area contributed by atoms with Gasteiger partial charge in [0, 0.05) is 24.3 Å². The number of carbonyl (C=O) groups excluding carboxylic acids is 1. The fourth-order valence-corrected chi connectivity index (χ4v) is 2.93. The van der Waals surface area contributed by atoms with Gasteiger partial charge in [-0.3, -0.25) is 4.79 Å². The highest BCUT2D eigenvalue weighted by Gasteiger charge is 2.15. The van der Waals surface area contributed by atoms with Crippen LogP contribution in [-0.4, -0.2) is 37.0 Å². The van der Waals surface area contributed by atoms with Gasteiger partial charge in [-0.1, -0.05) is 13.0 Å². The van der Waals surface area contributed by atoms with E-state index in [9.17, 15) is 4.79 Å². The molecule has 4 heteroatoms. The summed E-state index contributed by atoms with van der Waals surface area (Å²) in [6.07, 6.45) is 4.86. The molecule has 0 aromatic heterocycles. The molecule has 1 aromatic carbocycles. The third-order valence-electron chi connectivity index (χ3n) is 4.08. The lowest BCUT2D eigenvalue weighted by molar-refractivity contribution is 0.0952. The van der Waals surface area contributed by atoms with Gasteiger partial charge in [-0.15, -0.1) is 0 Å². The summed E-state index contributed by atoms with van der Waals surface area (Å²) in [6.45, 7) is 6.68. The first kappa shape index (κ1) is 15.8. The SMILES string of the molecule is CC1CCCN(CCCCNC(=O)c2cccc(N)c2)C1. The number of benzene rings is 1. The zero-order valence-electron chi connectivity index (χ0n) is 13.0. The van der Waals surface area contributed by atoms with Crippen LogP contribution in [0, 0.1) is 5.92 Å². The van der Waals surface area contributed by atoms with Gasteiger partial charge in [-0.05, 0) is 62.9 Å². The molecule has 0 aliphatic carbocycles.